The average molecular weight is 553 g/mol. The van der Waals surface area contributed by atoms with Crippen LogP contribution in [0.3, 0.4) is 0 Å². The largest absolute Gasteiger partial charge is 0.491 e. The molecule has 0 bridgehead atoms. The molecule has 1 fully saturated rings. The molecule has 1 saturated carbocycles. The first-order chi connectivity index (χ1) is 17.0. The van der Waals surface area contributed by atoms with Gasteiger partial charge >= 0.3 is 0 Å². The molecular formula is C28H39Cl2N3O4. The molecule has 2 heterocycles. The summed E-state index contributed by atoms with van der Waals surface area (Å²) in [6.07, 6.45) is 5.83. The minimum Gasteiger partial charge on any atom is -0.491 e. The number of hydrogen-bond acceptors (Lipinski definition) is 6. The van der Waals surface area contributed by atoms with Crippen LogP contribution < -0.4 is 14.8 Å². The Hall–Kier alpha value is -2.03. The van der Waals surface area contributed by atoms with Crippen molar-refractivity contribution in [2.75, 3.05) is 39.8 Å². The van der Waals surface area contributed by atoms with E-state index in [4.69, 9.17) is 9.47 Å². The van der Waals surface area contributed by atoms with Gasteiger partial charge in [-0.3, -0.25) is 15.0 Å². The predicted molar refractivity (Wildman–Crippen MR) is 149 cm³/mol. The number of rotatable bonds is 7. The van der Waals surface area contributed by atoms with Crippen LogP contribution in [0.25, 0.3) is 0 Å². The second-order valence-corrected chi connectivity index (χ2v) is 10.1. The third kappa shape index (κ3) is 6.89. The van der Waals surface area contributed by atoms with Crippen molar-refractivity contribution in [3.8, 4) is 11.5 Å². The number of nitrogens with zero attached hydrogens (tertiary/aromatic N) is 2. The summed E-state index contributed by atoms with van der Waals surface area (Å²) in [5.74, 6) is 1.17. The van der Waals surface area contributed by atoms with Crippen LogP contribution in [0, 0.1) is 0 Å². The highest BCUT2D eigenvalue weighted by Crippen LogP contribution is 2.34. The first kappa shape index (κ1) is 29.5. The number of carbonyl (C=O) groups excluding carboxylic acids is 1. The third-order valence-corrected chi connectivity index (χ3v) is 7.63. The van der Waals surface area contributed by atoms with E-state index in [1.54, 1.807) is 11.0 Å². The Kier molecular flexibility index (Phi) is 10.5. The molecule has 7 nitrogen and oxygen atoms in total. The predicted octanol–water partition coefficient (Wildman–Crippen LogP) is 4.04. The van der Waals surface area contributed by atoms with Crippen molar-refractivity contribution in [1.29, 1.82) is 0 Å². The van der Waals surface area contributed by atoms with Crippen LogP contribution in [0.15, 0.2) is 42.5 Å². The lowest BCUT2D eigenvalue weighted by molar-refractivity contribution is 0.00438. The molecule has 37 heavy (non-hydrogen) atoms. The van der Waals surface area contributed by atoms with Crippen molar-refractivity contribution in [2.24, 2.45) is 0 Å². The van der Waals surface area contributed by atoms with Crippen molar-refractivity contribution in [3.05, 3.63) is 59.2 Å². The maximum Gasteiger partial charge on any atom is 0.257 e. The molecule has 1 atom stereocenters. The minimum absolute atomic E-state index is 0. The Morgan fingerprint density at radius 3 is 2.57 bits per heavy atom. The summed E-state index contributed by atoms with van der Waals surface area (Å²) < 4.78 is 12.3. The van der Waals surface area contributed by atoms with Gasteiger partial charge in [0.05, 0.1) is 18.2 Å². The lowest BCUT2D eigenvalue weighted by Crippen LogP contribution is -2.49. The van der Waals surface area contributed by atoms with Gasteiger partial charge in [-0.25, -0.2) is 0 Å². The van der Waals surface area contributed by atoms with Gasteiger partial charge in [0.2, 0.25) is 0 Å². The number of ether oxygens (including phenoxy) is 2. The highest BCUT2D eigenvalue weighted by molar-refractivity contribution is 5.97. The van der Waals surface area contributed by atoms with Crippen molar-refractivity contribution in [3.63, 3.8) is 0 Å². The van der Waals surface area contributed by atoms with Crippen molar-refractivity contribution in [1.82, 2.24) is 15.1 Å². The van der Waals surface area contributed by atoms with E-state index in [0.29, 0.717) is 43.3 Å². The van der Waals surface area contributed by atoms with Gasteiger partial charge in [0.1, 0.15) is 18.1 Å². The number of benzene rings is 2. The quantitative estimate of drug-likeness (QED) is 0.506. The molecule has 1 amide bonds. The van der Waals surface area contributed by atoms with Crippen LogP contribution in [0.1, 0.15) is 53.6 Å². The van der Waals surface area contributed by atoms with Gasteiger partial charge < -0.3 is 19.5 Å². The molecule has 0 radical (unpaired) electrons. The number of β-amino-alcohol motifs (C(OH)–C–C–N with tert-alkyl or cyclic N) is 1. The van der Waals surface area contributed by atoms with Crippen LogP contribution >= 0.6 is 24.8 Å². The number of carbonyl (C=O) groups is 1. The van der Waals surface area contributed by atoms with Gasteiger partial charge in [-0.1, -0.05) is 30.7 Å². The SMILES string of the molecule is CNC1(Oc2ccc3c(c2)OCCN(C[C@H](O)CN2CCc4ccccc4C2)C3=O)CCCCC1.Cl.Cl. The first-order valence-corrected chi connectivity index (χ1v) is 13.0. The number of hydrogen-bond donors (Lipinski definition) is 2. The summed E-state index contributed by atoms with van der Waals surface area (Å²) in [5.41, 5.74) is 2.88. The average Bonchev–Trinajstić information content (AvgIpc) is 3.02. The maximum absolute atomic E-state index is 13.3. The minimum atomic E-state index is -0.616. The molecule has 2 aliphatic heterocycles. The zero-order chi connectivity index (χ0) is 24.3. The standard InChI is InChI=1S/C28H37N3O4.2ClH/c1-29-28(12-5-2-6-13-28)35-24-9-10-25-26(17-24)34-16-15-31(27(25)33)20-23(32)19-30-14-11-21-7-3-4-8-22(21)18-30;;/h3-4,7-10,17,23,29,32H,2,5-6,11-16,18-20H2,1H3;2*1H/t23-;;/m1../s1. The number of amides is 1. The highest BCUT2D eigenvalue weighted by atomic mass is 35.5. The molecule has 204 valence electrons. The summed E-state index contributed by atoms with van der Waals surface area (Å²) in [7, 11) is 1.95. The molecule has 1 aliphatic carbocycles. The van der Waals surface area contributed by atoms with Crippen molar-refractivity contribution >= 4 is 30.7 Å². The number of halogens is 2. The summed E-state index contributed by atoms with van der Waals surface area (Å²) in [5, 5.41) is 14.2. The molecule has 0 spiro atoms. The monoisotopic (exact) mass is 551 g/mol. The van der Waals surface area contributed by atoms with E-state index in [1.165, 1.54) is 17.5 Å². The summed E-state index contributed by atoms with van der Waals surface area (Å²) >= 11 is 0. The molecule has 2 aromatic carbocycles. The maximum atomic E-state index is 13.3. The molecule has 0 saturated heterocycles. The van der Waals surface area contributed by atoms with Crippen LogP contribution in [0.2, 0.25) is 0 Å². The Labute approximate surface area is 232 Å². The van der Waals surface area contributed by atoms with Crippen LogP contribution in [0.4, 0.5) is 0 Å². The summed E-state index contributed by atoms with van der Waals surface area (Å²) in [6.45, 7) is 3.44. The second-order valence-electron chi connectivity index (χ2n) is 10.1. The van der Waals surface area contributed by atoms with Crippen molar-refractivity contribution < 1.29 is 19.4 Å². The lowest BCUT2D eigenvalue weighted by Gasteiger charge is -2.37. The fourth-order valence-electron chi connectivity index (χ4n) is 5.65. The molecule has 5 rings (SSSR count). The Balaban J connectivity index is 0.00000190. The Morgan fingerprint density at radius 2 is 1.81 bits per heavy atom. The summed E-state index contributed by atoms with van der Waals surface area (Å²) in [4.78, 5) is 17.3. The molecule has 3 aliphatic rings. The number of nitrogens with one attached hydrogen (secondary N) is 1. The van der Waals surface area contributed by atoms with E-state index in [0.717, 1.165) is 45.2 Å². The fourth-order valence-corrected chi connectivity index (χ4v) is 5.65. The van der Waals surface area contributed by atoms with Gasteiger partial charge in [-0.2, -0.15) is 0 Å². The zero-order valence-electron chi connectivity index (χ0n) is 21.5. The molecular weight excluding hydrogens is 513 g/mol. The normalized spacial score (nSPS) is 19.7. The smallest absolute Gasteiger partial charge is 0.257 e. The van der Waals surface area contributed by atoms with Gasteiger partial charge in [0.15, 0.2) is 5.72 Å². The van der Waals surface area contributed by atoms with E-state index in [-0.39, 0.29) is 36.4 Å². The van der Waals surface area contributed by atoms with Crippen molar-refractivity contribution in [2.45, 2.75) is 56.9 Å². The lowest BCUT2D eigenvalue weighted by atomic mass is 9.91. The number of aliphatic hydroxyl groups excluding tert-OH is 1. The van der Waals surface area contributed by atoms with E-state index in [2.05, 4.69) is 34.5 Å². The van der Waals surface area contributed by atoms with E-state index in [9.17, 15) is 9.90 Å². The number of fused-ring (bicyclic) bond motifs is 2. The van der Waals surface area contributed by atoms with E-state index in [1.807, 2.05) is 19.2 Å². The van der Waals surface area contributed by atoms with Gasteiger partial charge in [0, 0.05) is 45.1 Å². The third-order valence-electron chi connectivity index (χ3n) is 7.63. The second kappa shape index (κ2) is 13.2. The molecule has 2 N–H and O–H groups in total. The van der Waals surface area contributed by atoms with Gasteiger partial charge in [-0.15, -0.1) is 24.8 Å². The topological polar surface area (TPSA) is 74.3 Å². The molecule has 2 aromatic rings. The number of aliphatic hydroxyl groups is 1. The van der Waals surface area contributed by atoms with Crippen LogP contribution in [-0.2, 0) is 13.0 Å². The Bertz CT molecular complexity index is 1050. The fraction of sp³-hybridized carbons (Fsp3) is 0.536. The molecule has 0 aromatic heterocycles. The van der Waals surface area contributed by atoms with Gasteiger partial charge in [-0.05, 0) is 49.6 Å². The zero-order valence-corrected chi connectivity index (χ0v) is 23.1. The highest BCUT2D eigenvalue weighted by Gasteiger charge is 2.33. The van der Waals surface area contributed by atoms with E-state index < -0.39 is 6.10 Å². The van der Waals surface area contributed by atoms with Crippen LogP contribution in [0.5, 0.6) is 11.5 Å². The first-order valence-electron chi connectivity index (χ1n) is 13.0. The molecule has 0 unspecified atom stereocenters. The van der Waals surface area contributed by atoms with Gasteiger partial charge in [0.25, 0.3) is 5.91 Å². The van der Waals surface area contributed by atoms with E-state index >= 15 is 0 Å². The summed E-state index contributed by atoms with van der Waals surface area (Å²) in [6, 6.07) is 14.0. The Morgan fingerprint density at radius 1 is 1.05 bits per heavy atom. The molecule has 9 heteroatoms. The van der Waals surface area contributed by atoms with Crippen LogP contribution in [-0.4, -0.2) is 72.5 Å².